The first-order chi connectivity index (χ1) is 14.3. The van der Waals surface area contributed by atoms with Crippen molar-refractivity contribution in [2.75, 3.05) is 25.5 Å². The van der Waals surface area contributed by atoms with E-state index < -0.39 is 0 Å². The molecule has 1 saturated heterocycles. The molecule has 1 aliphatic rings. The summed E-state index contributed by atoms with van der Waals surface area (Å²) in [5, 5.41) is 11.8. The fourth-order valence-corrected chi connectivity index (χ4v) is 3.71. The normalized spacial score (nSPS) is 17.3. The Balaban J connectivity index is 1.61. The standard InChI is InChI=1S/C21H23N7O/c1-29-16-9-7-14(8-10-16)19-26-20-18-17(6-4-12-23-18)25-21(28(20)27-19)24-15-5-2-3-11-22-13-15/h4,6-10,12,15,22H,2-3,5,11,13H2,1H3,(H,24,25)/t15-/m1/s1. The Morgan fingerprint density at radius 3 is 2.90 bits per heavy atom. The first kappa shape index (κ1) is 17.8. The van der Waals surface area contributed by atoms with Gasteiger partial charge >= 0.3 is 0 Å². The van der Waals surface area contributed by atoms with Crippen LogP contribution in [0, 0.1) is 0 Å². The minimum atomic E-state index is 0.302. The number of methoxy groups -OCH3 is 1. The maximum Gasteiger partial charge on any atom is 0.226 e. The van der Waals surface area contributed by atoms with Crippen molar-refractivity contribution in [3.8, 4) is 17.1 Å². The monoisotopic (exact) mass is 389 g/mol. The smallest absolute Gasteiger partial charge is 0.226 e. The number of aromatic nitrogens is 5. The van der Waals surface area contributed by atoms with Crippen LogP contribution in [0.5, 0.6) is 5.75 Å². The summed E-state index contributed by atoms with van der Waals surface area (Å²) in [5.74, 6) is 2.13. The average Bonchev–Trinajstić information content (AvgIpc) is 3.06. The zero-order valence-corrected chi connectivity index (χ0v) is 16.3. The molecule has 1 aromatic carbocycles. The van der Waals surface area contributed by atoms with E-state index in [1.807, 2.05) is 36.4 Å². The van der Waals surface area contributed by atoms with Crippen molar-refractivity contribution in [1.29, 1.82) is 0 Å². The van der Waals surface area contributed by atoms with Crippen LogP contribution in [0.25, 0.3) is 28.1 Å². The molecule has 1 fully saturated rings. The molecule has 4 aromatic rings. The molecule has 0 saturated carbocycles. The van der Waals surface area contributed by atoms with Gasteiger partial charge in [-0.05, 0) is 55.8 Å². The van der Waals surface area contributed by atoms with Crippen LogP contribution < -0.4 is 15.4 Å². The lowest BCUT2D eigenvalue weighted by Gasteiger charge is -2.17. The predicted octanol–water partition coefficient (Wildman–Crippen LogP) is 2.90. The molecule has 0 aliphatic carbocycles. The van der Waals surface area contributed by atoms with Crippen LogP contribution in [0.4, 0.5) is 5.95 Å². The van der Waals surface area contributed by atoms with Crippen molar-refractivity contribution >= 4 is 22.6 Å². The van der Waals surface area contributed by atoms with Crippen LogP contribution >= 0.6 is 0 Å². The fourth-order valence-electron chi connectivity index (χ4n) is 3.71. The average molecular weight is 389 g/mol. The van der Waals surface area contributed by atoms with Crippen LogP contribution in [0.15, 0.2) is 42.6 Å². The van der Waals surface area contributed by atoms with E-state index in [-0.39, 0.29) is 0 Å². The number of hydrogen-bond acceptors (Lipinski definition) is 7. The number of pyridine rings is 1. The number of nitrogens with one attached hydrogen (secondary N) is 2. The quantitative estimate of drug-likeness (QED) is 0.555. The SMILES string of the molecule is COc1ccc(-c2nc3c4ncccc4nc(N[C@@H]4CCCCNC4)n3n2)cc1. The summed E-state index contributed by atoms with van der Waals surface area (Å²) in [4.78, 5) is 14.1. The summed E-state index contributed by atoms with van der Waals surface area (Å²) in [7, 11) is 1.65. The molecule has 8 nitrogen and oxygen atoms in total. The van der Waals surface area contributed by atoms with E-state index in [2.05, 4.69) is 15.6 Å². The van der Waals surface area contributed by atoms with E-state index in [1.165, 1.54) is 12.8 Å². The summed E-state index contributed by atoms with van der Waals surface area (Å²) in [6.45, 7) is 1.97. The van der Waals surface area contributed by atoms with Gasteiger partial charge in [0, 0.05) is 24.3 Å². The highest BCUT2D eigenvalue weighted by Gasteiger charge is 2.18. The number of benzene rings is 1. The van der Waals surface area contributed by atoms with Crippen LogP contribution in [0.1, 0.15) is 19.3 Å². The molecule has 8 heteroatoms. The molecule has 0 amide bonds. The number of fused-ring (bicyclic) bond motifs is 3. The van der Waals surface area contributed by atoms with Gasteiger partial charge in [-0.15, -0.1) is 5.10 Å². The van der Waals surface area contributed by atoms with Gasteiger partial charge in [-0.3, -0.25) is 4.98 Å². The molecule has 0 unspecified atom stereocenters. The molecule has 5 rings (SSSR count). The Bertz CT molecular complexity index is 1130. The Labute approximate surface area is 168 Å². The summed E-state index contributed by atoms with van der Waals surface area (Å²) in [6, 6.07) is 11.9. The Hall–Kier alpha value is -3.26. The number of anilines is 1. The minimum Gasteiger partial charge on any atom is -0.497 e. The zero-order chi connectivity index (χ0) is 19.6. The van der Waals surface area contributed by atoms with Gasteiger partial charge in [0.2, 0.25) is 5.95 Å². The van der Waals surface area contributed by atoms with Gasteiger partial charge in [0.15, 0.2) is 11.5 Å². The lowest BCUT2D eigenvalue weighted by atomic mass is 10.1. The van der Waals surface area contributed by atoms with E-state index in [0.29, 0.717) is 23.5 Å². The third-order valence-electron chi connectivity index (χ3n) is 5.26. The van der Waals surface area contributed by atoms with Gasteiger partial charge in [0.05, 0.1) is 12.6 Å². The molecule has 0 bridgehead atoms. The lowest BCUT2D eigenvalue weighted by molar-refractivity contribution is 0.415. The van der Waals surface area contributed by atoms with Crippen molar-refractivity contribution < 1.29 is 4.74 Å². The van der Waals surface area contributed by atoms with E-state index in [1.54, 1.807) is 17.8 Å². The van der Waals surface area contributed by atoms with Crippen molar-refractivity contribution in [3.63, 3.8) is 0 Å². The van der Waals surface area contributed by atoms with E-state index in [9.17, 15) is 0 Å². The van der Waals surface area contributed by atoms with Crippen LogP contribution in [-0.4, -0.2) is 50.8 Å². The van der Waals surface area contributed by atoms with Gasteiger partial charge in [-0.1, -0.05) is 6.42 Å². The Morgan fingerprint density at radius 1 is 1.14 bits per heavy atom. The van der Waals surface area contributed by atoms with Crippen molar-refractivity contribution in [2.45, 2.75) is 25.3 Å². The lowest BCUT2D eigenvalue weighted by Crippen LogP contribution is -2.32. The molecule has 3 aromatic heterocycles. The van der Waals surface area contributed by atoms with Crippen LogP contribution in [0.2, 0.25) is 0 Å². The number of nitrogens with zero attached hydrogens (tertiary/aromatic N) is 5. The van der Waals surface area contributed by atoms with Gasteiger partial charge in [0.1, 0.15) is 11.3 Å². The number of ether oxygens (including phenoxy) is 1. The maximum absolute atomic E-state index is 5.25. The molecule has 4 heterocycles. The highest BCUT2D eigenvalue weighted by atomic mass is 16.5. The fraction of sp³-hybridized carbons (Fsp3) is 0.333. The first-order valence-electron chi connectivity index (χ1n) is 9.95. The summed E-state index contributed by atoms with van der Waals surface area (Å²) >= 11 is 0. The maximum atomic E-state index is 5.25. The van der Waals surface area contributed by atoms with Crippen molar-refractivity contribution in [1.82, 2.24) is 29.9 Å². The van der Waals surface area contributed by atoms with E-state index in [0.717, 1.165) is 41.9 Å². The molecule has 2 N–H and O–H groups in total. The molecule has 0 radical (unpaired) electrons. The molecule has 148 valence electrons. The van der Waals surface area contributed by atoms with Crippen molar-refractivity contribution in [2.24, 2.45) is 0 Å². The van der Waals surface area contributed by atoms with Gasteiger partial charge < -0.3 is 15.4 Å². The highest BCUT2D eigenvalue weighted by Crippen LogP contribution is 2.25. The van der Waals surface area contributed by atoms with Crippen LogP contribution in [0.3, 0.4) is 0 Å². The Morgan fingerprint density at radius 2 is 2.03 bits per heavy atom. The topological polar surface area (TPSA) is 89.3 Å². The van der Waals surface area contributed by atoms with E-state index >= 15 is 0 Å². The van der Waals surface area contributed by atoms with Crippen molar-refractivity contribution in [3.05, 3.63) is 42.6 Å². The zero-order valence-electron chi connectivity index (χ0n) is 16.3. The van der Waals surface area contributed by atoms with Gasteiger partial charge in [0.25, 0.3) is 0 Å². The molecule has 1 aliphatic heterocycles. The first-order valence-corrected chi connectivity index (χ1v) is 9.95. The second kappa shape index (κ2) is 7.63. The Kier molecular flexibility index (Phi) is 4.69. The molecular weight excluding hydrogens is 366 g/mol. The minimum absolute atomic E-state index is 0.302. The second-order valence-electron chi connectivity index (χ2n) is 7.25. The second-order valence-corrected chi connectivity index (χ2v) is 7.25. The number of rotatable bonds is 4. The molecule has 1 atom stereocenters. The summed E-state index contributed by atoms with van der Waals surface area (Å²) in [5.41, 5.74) is 3.16. The molecular formula is C21H23N7O. The van der Waals surface area contributed by atoms with Gasteiger partial charge in [-0.25, -0.2) is 9.97 Å². The summed E-state index contributed by atoms with van der Waals surface area (Å²) in [6.07, 6.45) is 5.25. The predicted molar refractivity (Wildman–Crippen MR) is 112 cm³/mol. The molecule has 0 spiro atoms. The molecule has 29 heavy (non-hydrogen) atoms. The van der Waals surface area contributed by atoms with E-state index in [4.69, 9.17) is 19.8 Å². The third kappa shape index (κ3) is 3.47. The largest absolute Gasteiger partial charge is 0.497 e. The highest BCUT2D eigenvalue weighted by molar-refractivity contribution is 5.89. The number of hydrogen-bond donors (Lipinski definition) is 2. The van der Waals surface area contributed by atoms with Gasteiger partial charge in [-0.2, -0.15) is 4.52 Å². The summed E-state index contributed by atoms with van der Waals surface area (Å²) < 4.78 is 7.03. The van der Waals surface area contributed by atoms with Crippen LogP contribution in [-0.2, 0) is 0 Å². The third-order valence-corrected chi connectivity index (χ3v) is 5.26.